The molecule has 9 rings (SSSR count). The first kappa shape index (κ1) is 24.6. The predicted octanol–water partition coefficient (Wildman–Crippen LogP) is 11.0. The molecule has 0 saturated heterocycles. The predicted molar refractivity (Wildman–Crippen MR) is 181 cm³/mol. The highest BCUT2D eigenvalue weighted by molar-refractivity contribution is 6.01. The van der Waals surface area contributed by atoms with Crippen LogP contribution in [0.5, 0.6) is 0 Å². The van der Waals surface area contributed by atoms with Gasteiger partial charge in [0.15, 0.2) is 0 Å². The molecule has 0 fully saturated rings. The van der Waals surface area contributed by atoms with Gasteiger partial charge in [-0.05, 0) is 92.3 Å². The highest BCUT2D eigenvalue weighted by Gasteiger charge is 2.46. The van der Waals surface area contributed by atoms with Crippen LogP contribution in [-0.2, 0) is 10.8 Å². The van der Waals surface area contributed by atoms with E-state index in [0.717, 1.165) is 11.2 Å². The van der Waals surface area contributed by atoms with E-state index in [4.69, 9.17) is 4.98 Å². The molecule has 1 aromatic heterocycles. The van der Waals surface area contributed by atoms with Gasteiger partial charge in [-0.2, -0.15) is 0 Å². The van der Waals surface area contributed by atoms with E-state index in [0.29, 0.717) is 0 Å². The maximum absolute atomic E-state index is 5.16. The third-order valence-electron chi connectivity index (χ3n) is 10.1. The van der Waals surface area contributed by atoms with Gasteiger partial charge in [-0.1, -0.05) is 100 Å². The monoisotopic (exact) mass is 552 g/mol. The minimum atomic E-state index is -0.211. The van der Waals surface area contributed by atoms with E-state index < -0.39 is 0 Å². The molecule has 0 aliphatic carbocycles. The number of benzene rings is 6. The molecule has 6 aromatic carbocycles. The van der Waals surface area contributed by atoms with Gasteiger partial charge < -0.3 is 4.90 Å². The summed E-state index contributed by atoms with van der Waals surface area (Å²) in [6.07, 6.45) is 0. The molecule has 2 aliphatic heterocycles. The Morgan fingerprint density at radius 2 is 0.930 bits per heavy atom. The topological polar surface area (TPSA) is 16.1 Å². The zero-order chi connectivity index (χ0) is 29.1. The Balaban J connectivity index is 1.41. The average molecular weight is 553 g/mol. The molecular formula is C41H32N2. The van der Waals surface area contributed by atoms with Crippen molar-refractivity contribution in [2.24, 2.45) is 0 Å². The van der Waals surface area contributed by atoms with Gasteiger partial charge in [0.25, 0.3) is 0 Å². The van der Waals surface area contributed by atoms with Gasteiger partial charge in [-0.25, -0.2) is 4.98 Å². The summed E-state index contributed by atoms with van der Waals surface area (Å²) in [6.45, 7) is 9.59. The third-order valence-corrected chi connectivity index (χ3v) is 10.1. The number of aromatic nitrogens is 1. The van der Waals surface area contributed by atoms with Gasteiger partial charge in [0, 0.05) is 21.8 Å². The first-order chi connectivity index (χ1) is 20.8. The van der Waals surface area contributed by atoms with E-state index in [-0.39, 0.29) is 10.8 Å². The summed E-state index contributed by atoms with van der Waals surface area (Å²) in [4.78, 5) is 7.73. The number of fused-ring (bicyclic) bond motifs is 7. The van der Waals surface area contributed by atoms with E-state index in [1.807, 2.05) is 0 Å². The van der Waals surface area contributed by atoms with Crippen molar-refractivity contribution in [2.75, 3.05) is 4.90 Å². The summed E-state index contributed by atoms with van der Waals surface area (Å²) in [7, 11) is 0. The molecular weight excluding hydrogens is 520 g/mol. The van der Waals surface area contributed by atoms with E-state index in [1.165, 1.54) is 71.8 Å². The molecule has 0 bridgehead atoms. The van der Waals surface area contributed by atoms with Crippen LogP contribution < -0.4 is 4.90 Å². The molecule has 0 radical (unpaired) electrons. The molecule has 3 heterocycles. The number of hydrogen-bond donors (Lipinski definition) is 0. The van der Waals surface area contributed by atoms with Crippen molar-refractivity contribution in [1.29, 1.82) is 0 Å². The lowest BCUT2D eigenvalue weighted by molar-refractivity contribution is 0.599. The highest BCUT2D eigenvalue weighted by Crippen LogP contribution is 2.61. The van der Waals surface area contributed by atoms with E-state index in [1.54, 1.807) is 0 Å². The van der Waals surface area contributed by atoms with Crippen LogP contribution in [0.4, 0.5) is 17.1 Å². The first-order valence-corrected chi connectivity index (χ1v) is 15.2. The van der Waals surface area contributed by atoms with Crippen molar-refractivity contribution in [1.82, 2.24) is 4.98 Å². The lowest BCUT2D eigenvalue weighted by atomic mass is 9.65. The SMILES string of the molecule is CC1(C)c2cc3ccccc3cc2N2c3cc4ccccc4cc3C(C)(C)c3cc(-c4ccc5ccccc5n4)cc1c32. The summed E-state index contributed by atoms with van der Waals surface area (Å²) >= 11 is 0. The number of hydrogen-bond acceptors (Lipinski definition) is 2. The van der Waals surface area contributed by atoms with Gasteiger partial charge in [-0.3, -0.25) is 0 Å². The molecule has 2 aliphatic rings. The standard InChI is InChI=1S/C41H32N2/c1-40(2)31-19-26-12-5-7-14-28(26)23-37(31)43-38-24-29-15-8-6-13-27(29)20-32(38)41(3,4)34-22-30(21-33(40)39(34)43)36-18-17-25-11-9-10-16-35(25)42-36/h5-24H,1-4H3. The third kappa shape index (κ3) is 3.32. The summed E-state index contributed by atoms with van der Waals surface area (Å²) in [6, 6.07) is 44.8. The largest absolute Gasteiger partial charge is 0.309 e. The van der Waals surface area contributed by atoms with Gasteiger partial charge in [0.05, 0.1) is 28.3 Å². The Hall–Kier alpha value is -4.95. The molecule has 0 unspecified atom stereocenters. The second-order valence-electron chi connectivity index (χ2n) is 13.3. The maximum atomic E-state index is 5.16. The molecule has 0 saturated carbocycles. The molecule has 43 heavy (non-hydrogen) atoms. The number of nitrogens with zero attached hydrogens (tertiary/aromatic N) is 2. The molecule has 2 heteroatoms. The van der Waals surface area contributed by atoms with Crippen LogP contribution >= 0.6 is 0 Å². The Morgan fingerprint density at radius 1 is 0.465 bits per heavy atom. The van der Waals surface area contributed by atoms with E-state index in [2.05, 4.69) is 154 Å². The van der Waals surface area contributed by atoms with Gasteiger partial charge in [-0.15, -0.1) is 0 Å². The van der Waals surface area contributed by atoms with Crippen LogP contribution in [0, 0.1) is 0 Å². The minimum absolute atomic E-state index is 0.211. The molecule has 0 atom stereocenters. The summed E-state index contributed by atoms with van der Waals surface area (Å²) < 4.78 is 0. The Kier molecular flexibility index (Phi) is 4.77. The minimum Gasteiger partial charge on any atom is -0.309 e. The molecule has 0 spiro atoms. The van der Waals surface area contributed by atoms with Crippen molar-refractivity contribution in [3.8, 4) is 11.3 Å². The molecule has 206 valence electrons. The average Bonchev–Trinajstić information content (AvgIpc) is 3.03. The normalized spacial score (nSPS) is 15.8. The van der Waals surface area contributed by atoms with Crippen LogP contribution in [-0.4, -0.2) is 4.98 Å². The quantitative estimate of drug-likeness (QED) is 0.201. The van der Waals surface area contributed by atoms with Gasteiger partial charge >= 0.3 is 0 Å². The van der Waals surface area contributed by atoms with Crippen molar-refractivity contribution in [3.63, 3.8) is 0 Å². The Bertz CT molecular complexity index is 2190. The van der Waals surface area contributed by atoms with Crippen LogP contribution in [0.3, 0.4) is 0 Å². The first-order valence-electron chi connectivity index (χ1n) is 15.2. The zero-order valence-corrected chi connectivity index (χ0v) is 24.9. The maximum Gasteiger partial charge on any atom is 0.0709 e. The summed E-state index contributed by atoms with van der Waals surface area (Å²) in [5, 5.41) is 6.26. The van der Waals surface area contributed by atoms with Crippen molar-refractivity contribution < 1.29 is 0 Å². The number of anilines is 3. The van der Waals surface area contributed by atoms with Gasteiger partial charge in [0.2, 0.25) is 0 Å². The molecule has 2 nitrogen and oxygen atoms in total. The van der Waals surface area contributed by atoms with Crippen LogP contribution in [0.1, 0.15) is 49.9 Å². The Morgan fingerprint density at radius 3 is 1.47 bits per heavy atom. The van der Waals surface area contributed by atoms with E-state index >= 15 is 0 Å². The highest BCUT2D eigenvalue weighted by atomic mass is 15.2. The zero-order valence-electron chi connectivity index (χ0n) is 24.9. The van der Waals surface area contributed by atoms with E-state index in [9.17, 15) is 0 Å². The number of pyridine rings is 1. The van der Waals surface area contributed by atoms with Crippen LogP contribution in [0.15, 0.2) is 121 Å². The fourth-order valence-electron chi connectivity index (χ4n) is 7.69. The smallest absolute Gasteiger partial charge is 0.0709 e. The fourth-order valence-corrected chi connectivity index (χ4v) is 7.69. The molecule has 0 N–H and O–H groups in total. The number of para-hydroxylation sites is 1. The van der Waals surface area contributed by atoms with Crippen LogP contribution in [0.2, 0.25) is 0 Å². The lowest BCUT2D eigenvalue weighted by Gasteiger charge is -2.50. The van der Waals surface area contributed by atoms with Crippen molar-refractivity contribution >= 4 is 49.5 Å². The van der Waals surface area contributed by atoms with Gasteiger partial charge in [0.1, 0.15) is 0 Å². The Labute approximate surface area is 252 Å². The van der Waals surface area contributed by atoms with Crippen LogP contribution in [0.25, 0.3) is 43.7 Å². The van der Waals surface area contributed by atoms with Crippen molar-refractivity contribution in [2.45, 2.75) is 38.5 Å². The number of rotatable bonds is 1. The summed E-state index contributed by atoms with van der Waals surface area (Å²) in [5.74, 6) is 0. The lowest BCUT2D eigenvalue weighted by Crippen LogP contribution is -2.38. The molecule has 0 amide bonds. The van der Waals surface area contributed by atoms with Crippen molar-refractivity contribution in [3.05, 3.63) is 144 Å². The fraction of sp³-hybridized carbons (Fsp3) is 0.146. The second kappa shape index (κ2) is 8.33. The molecule has 7 aromatic rings. The second-order valence-corrected chi connectivity index (χ2v) is 13.3. The summed E-state index contributed by atoms with van der Waals surface area (Å²) in [5.41, 5.74) is 12.1.